The van der Waals surface area contributed by atoms with Gasteiger partial charge in [0.15, 0.2) is 0 Å². The van der Waals surface area contributed by atoms with Crippen LogP contribution in [0.25, 0.3) is 0 Å². The Morgan fingerprint density at radius 3 is 2.70 bits per heavy atom. The number of ether oxygens (including phenoxy) is 3. The molecular formula is C18H25NO4. The zero-order valence-electron chi connectivity index (χ0n) is 14.1. The van der Waals surface area contributed by atoms with Crippen molar-refractivity contribution in [3.8, 4) is 0 Å². The van der Waals surface area contributed by atoms with Gasteiger partial charge in [0.25, 0.3) is 0 Å². The number of carbonyl (C=O) groups is 1. The van der Waals surface area contributed by atoms with Crippen LogP contribution in [0.5, 0.6) is 0 Å². The summed E-state index contributed by atoms with van der Waals surface area (Å²) in [5, 5.41) is 0. The van der Waals surface area contributed by atoms with Gasteiger partial charge in [-0.3, -0.25) is 4.90 Å². The molecule has 1 amide bonds. The second-order valence-corrected chi connectivity index (χ2v) is 6.06. The van der Waals surface area contributed by atoms with E-state index in [1.807, 2.05) is 37.3 Å². The third kappa shape index (κ3) is 4.48. The van der Waals surface area contributed by atoms with Gasteiger partial charge in [0, 0.05) is 13.7 Å². The van der Waals surface area contributed by atoms with E-state index in [1.165, 1.54) is 5.57 Å². The molecule has 126 valence electrons. The molecule has 1 aromatic rings. The first-order valence-electron chi connectivity index (χ1n) is 7.77. The van der Waals surface area contributed by atoms with Gasteiger partial charge in [-0.05, 0) is 30.9 Å². The average molecular weight is 319 g/mol. The van der Waals surface area contributed by atoms with Crippen LogP contribution in [-0.4, -0.2) is 43.9 Å². The van der Waals surface area contributed by atoms with Crippen LogP contribution < -0.4 is 0 Å². The number of amides is 1. The van der Waals surface area contributed by atoms with Gasteiger partial charge in [0.2, 0.25) is 0 Å². The summed E-state index contributed by atoms with van der Waals surface area (Å²) in [6.07, 6.45) is 2.97. The lowest BCUT2D eigenvalue weighted by Crippen LogP contribution is -2.55. The summed E-state index contributed by atoms with van der Waals surface area (Å²) in [4.78, 5) is 14.3. The fourth-order valence-electron chi connectivity index (χ4n) is 3.01. The molecule has 1 atom stereocenters. The minimum absolute atomic E-state index is 0.278. The van der Waals surface area contributed by atoms with Gasteiger partial charge in [-0.15, -0.1) is 0 Å². The van der Waals surface area contributed by atoms with Crippen molar-refractivity contribution in [2.45, 2.75) is 31.9 Å². The number of benzene rings is 1. The monoisotopic (exact) mass is 319 g/mol. The van der Waals surface area contributed by atoms with E-state index in [-0.39, 0.29) is 12.7 Å². The largest absolute Gasteiger partial charge is 0.504 e. The molecular weight excluding hydrogens is 294 g/mol. The van der Waals surface area contributed by atoms with Crippen LogP contribution in [0.4, 0.5) is 4.79 Å². The fraction of sp³-hybridized carbons (Fsp3) is 0.500. The Labute approximate surface area is 137 Å². The van der Waals surface area contributed by atoms with Crippen LogP contribution >= 0.6 is 0 Å². The number of piperidine rings is 1. The van der Waals surface area contributed by atoms with Crippen molar-refractivity contribution in [1.29, 1.82) is 0 Å². The maximum absolute atomic E-state index is 12.5. The van der Waals surface area contributed by atoms with Crippen LogP contribution in [0, 0.1) is 0 Å². The van der Waals surface area contributed by atoms with Crippen molar-refractivity contribution in [2.24, 2.45) is 0 Å². The number of nitrogens with zero attached hydrogens (tertiary/aromatic N) is 1. The zero-order chi connectivity index (χ0) is 16.7. The zero-order valence-corrected chi connectivity index (χ0v) is 14.1. The maximum atomic E-state index is 12.5. The molecule has 1 aliphatic rings. The van der Waals surface area contributed by atoms with Crippen LogP contribution in [0.15, 0.2) is 42.2 Å². The van der Waals surface area contributed by atoms with Crippen molar-refractivity contribution in [3.63, 3.8) is 0 Å². The van der Waals surface area contributed by atoms with E-state index in [2.05, 4.69) is 0 Å². The van der Waals surface area contributed by atoms with Crippen molar-refractivity contribution >= 4 is 6.09 Å². The van der Waals surface area contributed by atoms with Crippen LogP contribution in [0.1, 0.15) is 25.3 Å². The lowest BCUT2D eigenvalue weighted by molar-refractivity contribution is 0.000947. The highest BCUT2D eigenvalue weighted by Gasteiger charge is 2.40. The van der Waals surface area contributed by atoms with Gasteiger partial charge in [-0.2, -0.15) is 0 Å². The summed E-state index contributed by atoms with van der Waals surface area (Å²) in [6.45, 7) is 3.35. The molecule has 1 heterocycles. The van der Waals surface area contributed by atoms with E-state index < -0.39 is 5.54 Å². The second-order valence-electron chi connectivity index (χ2n) is 6.06. The quantitative estimate of drug-likeness (QED) is 0.781. The molecule has 0 spiro atoms. The molecule has 1 unspecified atom stereocenters. The predicted molar refractivity (Wildman–Crippen MR) is 87.9 cm³/mol. The SMILES string of the molecule is COC=C1CCN(C(=O)OCc2ccccc2)C(C)(COC)C1. The molecule has 0 saturated carbocycles. The highest BCUT2D eigenvalue weighted by Crippen LogP contribution is 2.32. The van der Waals surface area contributed by atoms with Crippen molar-refractivity contribution in [2.75, 3.05) is 27.4 Å². The maximum Gasteiger partial charge on any atom is 0.410 e. The Kier molecular flexibility index (Phi) is 6.04. The topological polar surface area (TPSA) is 48.0 Å². The standard InChI is InChI=1S/C18H25NO4/c1-18(14-22-3)11-16(12-21-2)9-10-19(18)17(20)23-13-15-7-5-4-6-8-15/h4-8,12H,9-11,13-14H2,1-3H3. The van der Waals surface area contributed by atoms with Crippen LogP contribution in [0.2, 0.25) is 0 Å². The van der Waals surface area contributed by atoms with Crippen LogP contribution in [0.3, 0.4) is 0 Å². The Morgan fingerprint density at radius 2 is 2.04 bits per heavy atom. The molecule has 0 bridgehead atoms. The number of carbonyl (C=O) groups excluding carboxylic acids is 1. The predicted octanol–water partition coefficient (Wildman–Crippen LogP) is 3.35. The summed E-state index contributed by atoms with van der Waals surface area (Å²) >= 11 is 0. The van der Waals surface area contributed by atoms with Gasteiger partial charge < -0.3 is 14.2 Å². The first-order valence-corrected chi connectivity index (χ1v) is 7.77. The normalized spacial score (nSPS) is 22.9. The molecule has 0 N–H and O–H groups in total. The lowest BCUT2D eigenvalue weighted by Gasteiger charge is -2.44. The Balaban J connectivity index is 2.03. The molecule has 5 nitrogen and oxygen atoms in total. The molecule has 5 heteroatoms. The number of hydrogen-bond acceptors (Lipinski definition) is 4. The van der Waals surface area contributed by atoms with Gasteiger partial charge in [0.1, 0.15) is 6.61 Å². The fourth-order valence-corrected chi connectivity index (χ4v) is 3.01. The van der Waals surface area contributed by atoms with E-state index in [0.717, 1.165) is 18.4 Å². The average Bonchev–Trinajstić information content (AvgIpc) is 2.54. The third-order valence-corrected chi connectivity index (χ3v) is 4.08. The van der Waals surface area contributed by atoms with E-state index >= 15 is 0 Å². The minimum atomic E-state index is -0.425. The minimum Gasteiger partial charge on any atom is -0.504 e. The second kappa shape index (κ2) is 8.02. The van der Waals surface area contributed by atoms with Crippen molar-refractivity contribution < 1.29 is 19.0 Å². The van der Waals surface area contributed by atoms with Gasteiger partial charge in [-0.1, -0.05) is 30.3 Å². The Bertz CT molecular complexity index is 543. The number of methoxy groups -OCH3 is 2. The summed E-state index contributed by atoms with van der Waals surface area (Å²) in [5.41, 5.74) is 1.73. The van der Waals surface area contributed by atoms with E-state index in [1.54, 1.807) is 25.4 Å². The highest BCUT2D eigenvalue weighted by molar-refractivity contribution is 5.69. The van der Waals surface area contributed by atoms with E-state index in [4.69, 9.17) is 14.2 Å². The summed E-state index contributed by atoms with van der Waals surface area (Å²) in [7, 11) is 3.29. The molecule has 1 fully saturated rings. The van der Waals surface area contributed by atoms with Crippen molar-refractivity contribution in [1.82, 2.24) is 4.90 Å². The molecule has 1 aromatic carbocycles. The first-order chi connectivity index (χ1) is 11.1. The van der Waals surface area contributed by atoms with E-state index in [0.29, 0.717) is 13.2 Å². The highest BCUT2D eigenvalue weighted by atomic mass is 16.6. The molecule has 23 heavy (non-hydrogen) atoms. The number of likely N-dealkylation sites (tertiary alicyclic amines) is 1. The molecule has 1 aliphatic heterocycles. The summed E-state index contributed by atoms with van der Waals surface area (Å²) < 4.78 is 15.9. The summed E-state index contributed by atoms with van der Waals surface area (Å²) in [6, 6.07) is 9.69. The van der Waals surface area contributed by atoms with Crippen molar-refractivity contribution in [3.05, 3.63) is 47.7 Å². The number of hydrogen-bond donors (Lipinski definition) is 0. The van der Waals surface area contributed by atoms with Gasteiger partial charge in [0.05, 0.1) is 25.5 Å². The molecule has 1 saturated heterocycles. The number of rotatable bonds is 5. The third-order valence-electron chi connectivity index (χ3n) is 4.08. The molecule has 0 aromatic heterocycles. The first kappa shape index (κ1) is 17.3. The molecule has 2 rings (SSSR count). The van der Waals surface area contributed by atoms with Crippen LogP contribution in [-0.2, 0) is 20.8 Å². The molecule has 0 radical (unpaired) electrons. The molecule has 0 aliphatic carbocycles. The Morgan fingerprint density at radius 1 is 1.30 bits per heavy atom. The lowest BCUT2D eigenvalue weighted by atomic mass is 9.86. The van der Waals surface area contributed by atoms with E-state index in [9.17, 15) is 4.79 Å². The smallest absolute Gasteiger partial charge is 0.410 e. The van der Waals surface area contributed by atoms with Gasteiger partial charge >= 0.3 is 6.09 Å². The Hall–Kier alpha value is -2.01. The van der Waals surface area contributed by atoms with Gasteiger partial charge in [-0.25, -0.2) is 4.79 Å². The summed E-state index contributed by atoms with van der Waals surface area (Å²) in [5.74, 6) is 0.